The van der Waals surface area contributed by atoms with E-state index in [1.54, 1.807) is 0 Å². The van der Waals surface area contributed by atoms with Crippen molar-refractivity contribution < 1.29 is 4.39 Å². The number of anilines is 1. The Hall–Kier alpha value is -1.76. The van der Waals surface area contributed by atoms with Gasteiger partial charge in [-0.1, -0.05) is 11.8 Å². The molecule has 82 valence electrons. The summed E-state index contributed by atoms with van der Waals surface area (Å²) in [6.45, 7) is 0. The molecule has 2 N–H and O–H groups in total. The highest BCUT2D eigenvalue weighted by Gasteiger charge is 2.07. The molecule has 0 spiro atoms. The van der Waals surface area contributed by atoms with Crippen LogP contribution in [0.15, 0.2) is 23.6 Å². The standard InChI is InChI=1S/C9H8FN5S/c1-16-9-14-7(13-8(11)15-9)5-2-6(10)4-12-3-5/h2-4H,1H3,(H2,11,13,14,15). The van der Waals surface area contributed by atoms with Crippen LogP contribution in [0.3, 0.4) is 0 Å². The van der Waals surface area contributed by atoms with E-state index in [4.69, 9.17) is 5.73 Å². The van der Waals surface area contributed by atoms with Crippen LogP contribution in [-0.2, 0) is 0 Å². The number of nitrogens with zero attached hydrogens (tertiary/aromatic N) is 4. The van der Waals surface area contributed by atoms with E-state index in [1.807, 2.05) is 6.26 Å². The molecule has 0 aromatic carbocycles. The van der Waals surface area contributed by atoms with Crippen LogP contribution >= 0.6 is 11.8 Å². The average Bonchev–Trinajstić information content (AvgIpc) is 2.28. The van der Waals surface area contributed by atoms with Crippen molar-refractivity contribution in [2.75, 3.05) is 12.0 Å². The van der Waals surface area contributed by atoms with Crippen molar-refractivity contribution in [2.24, 2.45) is 0 Å². The van der Waals surface area contributed by atoms with Gasteiger partial charge in [0, 0.05) is 11.8 Å². The van der Waals surface area contributed by atoms with Crippen molar-refractivity contribution in [1.29, 1.82) is 0 Å². The normalized spacial score (nSPS) is 10.4. The van der Waals surface area contributed by atoms with Crippen molar-refractivity contribution in [3.63, 3.8) is 0 Å². The van der Waals surface area contributed by atoms with Crippen molar-refractivity contribution in [1.82, 2.24) is 19.9 Å². The van der Waals surface area contributed by atoms with Crippen LogP contribution in [0, 0.1) is 5.82 Å². The molecule has 7 heteroatoms. The first kappa shape index (κ1) is 10.7. The lowest BCUT2D eigenvalue weighted by Gasteiger charge is -2.02. The molecular formula is C9H8FN5S. The van der Waals surface area contributed by atoms with Gasteiger partial charge in [-0.05, 0) is 12.3 Å². The van der Waals surface area contributed by atoms with E-state index in [0.717, 1.165) is 6.20 Å². The van der Waals surface area contributed by atoms with Crippen LogP contribution in [-0.4, -0.2) is 26.2 Å². The number of aromatic nitrogens is 4. The second kappa shape index (κ2) is 4.40. The maximum atomic E-state index is 13.0. The number of hydrogen-bond donors (Lipinski definition) is 1. The maximum absolute atomic E-state index is 13.0. The Morgan fingerprint density at radius 2 is 2.06 bits per heavy atom. The molecule has 0 aliphatic carbocycles. The van der Waals surface area contributed by atoms with Gasteiger partial charge in [0.25, 0.3) is 0 Å². The second-order valence-corrected chi connectivity index (χ2v) is 3.67. The molecule has 0 aliphatic heterocycles. The highest BCUT2D eigenvalue weighted by molar-refractivity contribution is 7.98. The number of nitrogens with two attached hydrogens (primary N) is 1. The predicted octanol–water partition coefficient (Wildman–Crippen LogP) is 1.38. The zero-order valence-corrected chi connectivity index (χ0v) is 9.20. The first-order valence-corrected chi connectivity index (χ1v) is 5.58. The molecule has 0 fully saturated rings. The third-order valence-electron chi connectivity index (χ3n) is 1.78. The van der Waals surface area contributed by atoms with E-state index in [0.29, 0.717) is 16.5 Å². The number of hydrogen-bond acceptors (Lipinski definition) is 6. The number of halogens is 1. The monoisotopic (exact) mass is 237 g/mol. The summed E-state index contributed by atoms with van der Waals surface area (Å²) in [5, 5.41) is 0.492. The highest BCUT2D eigenvalue weighted by Crippen LogP contribution is 2.18. The van der Waals surface area contributed by atoms with Crippen LogP contribution in [0.2, 0.25) is 0 Å². The Labute approximate surface area is 95.4 Å². The van der Waals surface area contributed by atoms with Gasteiger partial charge in [-0.25, -0.2) is 9.37 Å². The summed E-state index contributed by atoms with van der Waals surface area (Å²) < 4.78 is 13.0. The first-order valence-electron chi connectivity index (χ1n) is 4.35. The highest BCUT2D eigenvalue weighted by atomic mass is 32.2. The number of nitrogen functional groups attached to an aromatic ring is 1. The van der Waals surface area contributed by atoms with E-state index in [1.165, 1.54) is 24.0 Å². The Kier molecular flexibility index (Phi) is 2.95. The molecule has 5 nitrogen and oxygen atoms in total. The molecule has 0 saturated carbocycles. The van der Waals surface area contributed by atoms with Crippen molar-refractivity contribution >= 4 is 17.7 Å². The van der Waals surface area contributed by atoms with E-state index >= 15 is 0 Å². The summed E-state index contributed by atoms with van der Waals surface area (Å²) in [6, 6.07) is 1.30. The van der Waals surface area contributed by atoms with Gasteiger partial charge in [-0.2, -0.15) is 9.97 Å². The van der Waals surface area contributed by atoms with Gasteiger partial charge in [0.2, 0.25) is 5.95 Å². The molecular weight excluding hydrogens is 229 g/mol. The molecule has 0 amide bonds. The fourth-order valence-corrected chi connectivity index (χ4v) is 1.49. The summed E-state index contributed by atoms with van der Waals surface area (Å²) in [5.41, 5.74) is 6.00. The Morgan fingerprint density at radius 3 is 2.75 bits per heavy atom. The van der Waals surface area contributed by atoms with Gasteiger partial charge in [0.1, 0.15) is 5.82 Å². The van der Waals surface area contributed by atoms with E-state index < -0.39 is 5.82 Å². The minimum absolute atomic E-state index is 0.110. The van der Waals surface area contributed by atoms with Crippen molar-refractivity contribution in [2.45, 2.75) is 5.16 Å². The number of thioether (sulfide) groups is 1. The van der Waals surface area contributed by atoms with E-state index in [-0.39, 0.29) is 5.95 Å². The first-order chi connectivity index (χ1) is 7.69. The van der Waals surface area contributed by atoms with Crippen LogP contribution in [0.4, 0.5) is 10.3 Å². The molecule has 0 bridgehead atoms. The van der Waals surface area contributed by atoms with Gasteiger partial charge in [0.05, 0.1) is 6.20 Å². The van der Waals surface area contributed by atoms with E-state index in [2.05, 4.69) is 19.9 Å². The SMILES string of the molecule is CSc1nc(N)nc(-c2cncc(F)c2)n1. The molecule has 0 aliphatic rings. The molecule has 16 heavy (non-hydrogen) atoms. The van der Waals surface area contributed by atoms with Gasteiger partial charge in [-0.3, -0.25) is 4.98 Å². The average molecular weight is 237 g/mol. The van der Waals surface area contributed by atoms with Gasteiger partial charge < -0.3 is 5.73 Å². The predicted molar refractivity (Wildman–Crippen MR) is 59.2 cm³/mol. The Bertz CT molecular complexity index is 519. The number of rotatable bonds is 2. The van der Waals surface area contributed by atoms with Crippen molar-refractivity contribution in [3.8, 4) is 11.4 Å². The largest absolute Gasteiger partial charge is 0.368 e. The fourth-order valence-electron chi connectivity index (χ4n) is 1.13. The van der Waals surface area contributed by atoms with Crippen LogP contribution in [0.5, 0.6) is 0 Å². The minimum Gasteiger partial charge on any atom is -0.368 e. The zero-order chi connectivity index (χ0) is 11.5. The molecule has 2 rings (SSSR count). The molecule has 0 unspecified atom stereocenters. The van der Waals surface area contributed by atoms with Crippen LogP contribution in [0.1, 0.15) is 0 Å². The summed E-state index contributed by atoms with van der Waals surface area (Å²) in [7, 11) is 0. The van der Waals surface area contributed by atoms with Crippen molar-refractivity contribution in [3.05, 3.63) is 24.3 Å². The lowest BCUT2D eigenvalue weighted by molar-refractivity contribution is 0.621. The summed E-state index contributed by atoms with van der Waals surface area (Å²) in [4.78, 5) is 15.7. The zero-order valence-electron chi connectivity index (χ0n) is 8.38. The van der Waals surface area contributed by atoms with Crippen LogP contribution < -0.4 is 5.73 Å². The van der Waals surface area contributed by atoms with Gasteiger partial charge >= 0.3 is 0 Å². The van der Waals surface area contributed by atoms with Gasteiger partial charge in [0.15, 0.2) is 11.0 Å². The lowest BCUT2D eigenvalue weighted by Crippen LogP contribution is -2.01. The summed E-state index contributed by atoms with van der Waals surface area (Å²) in [5.74, 6) is -0.00959. The molecule has 0 radical (unpaired) electrons. The topological polar surface area (TPSA) is 77.6 Å². The van der Waals surface area contributed by atoms with E-state index in [9.17, 15) is 4.39 Å². The number of pyridine rings is 1. The van der Waals surface area contributed by atoms with Gasteiger partial charge in [-0.15, -0.1) is 0 Å². The molecule has 2 aromatic rings. The quantitative estimate of drug-likeness (QED) is 0.795. The molecule has 2 aromatic heterocycles. The summed E-state index contributed by atoms with van der Waals surface area (Å²) in [6.07, 6.45) is 4.41. The molecule has 0 atom stereocenters. The van der Waals surface area contributed by atoms with Crippen LogP contribution in [0.25, 0.3) is 11.4 Å². The smallest absolute Gasteiger partial charge is 0.224 e. The Balaban J connectivity index is 2.51. The summed E-state index contributed by atoms with van der Waals surface area (Å²) >= 11 is 1.34. The second-order valence-electron chi connectivity index (χ2n) is 2.90. The third kappa shape index (κ3) is 2.25. The molecule has 2 heterocycles. The minimum atomic E-state index is -0.442. The lowest BCUT2D eigenvalue weighted by atomic mass is 10.3. The molecule has 0 saturated heterocycles. The fraction of sp³-hybridized carbons (Fsp3) is 0.111. The maximum Gasteiger partial charge on any atom is 0.224 e. The Morgan fingerprint density at radius 1 is 1.25 bits per heavy atom. The third-order valence-corrected chi connectivity index (χ3v) is 2.33.